The summed E-state index contributed by atoms with van der Waals surface area (Å²) in [5.41, 5.74) is -0.525. The van der Waals surface area contributed by atoms with Crippen molar-refractivity contribution >= 4 is 17.6 Å². The molecule has 3 amide bonds. The highest BCUT2D eigenvalue weighted by Gasteiger charge is 2.43. The van der Waals surface area contributed by atoms with Gasteiger partial charge >= 0.3 is 12.2 Å². The number of nitrogens with zero attached hydrogens (tertiary/aromatic N) is 3. The smallest absolute Gasteiger partial charge is 0.416 e. The quantitative estimate of drug-likeness (QED) is 0.728. The summed E-state index contributed by atoms with van der Waals surface area (Å²) in [5, 5.41) is 12.5. The van der Waals surface area contributed by atoms with Crippen LogP contribution in [0.2, 0.25) is 0 Å². The van der Waals surface area contributed by atoms with E-state index < -0.39 is 11.7 Å². The molecule has 7 nitrogen and oxygen atoms in total. The summed E-state index contributed by atoms with van der Waals surface area (Å²) in [6.45, 7) is 2.07. The van der Waals surface area contributed by atoms with Crippen molar-refractivity contribution in [2.24, 2.45) is 5.41 Å². The minimum Gasteiger partial charge on any atom is -0.505 e. The summed E-state index contributed by atoms with van der Waals surface area (Å²) in [6.07, 6.45) is -0.727. The molecule has 2 aromatic rings. The van der Waals surface area contributed by atoms with Gasteiger partial charge in [0.15, 0.2) is 5.69 Å². The minimum absolute atomic E-state index is 0.0346. The number of carbonyl (C=O) groups is 2. The van der Waals surface area contributed by atoms with Gasteiger partial charge in [-0.05, 0) is 61.1 Å². The van der Waals surface area contributed by atoms with Crippen LogP contribution in [0.1, 0.15) is 35.3 Å². The van der Waals surface area contributed by atoms with Crippen LogP contribution in [0.4, 0.5) is 23.7 Å². The van der Waals surface area contributed by atoms with E-state index in [0.717, 1.165) is 31.4 Å². The van der Waals surface area contributed by atoms with Crippen molar-refractivity contribution in [1.29, 1.82) is 0 Å². The molecule has 2 N–H and O–H groups in total. The zero-order valence-electron chi connectivity index (χ0n) is 17.2. The predicted octanol–water partition coefficient (Wildman–Crippen LogP) is 3.97. The number of benzene rings is 1. The number of nitrogens with one attached hydrogen (secondary N) is 1. The summed E-state index contributed by atoms with van der Waals surface area (Å²) in [6, 6.07) is 6.99. The van der Waals surface area contributed by atoms with Crippen LogP contribution in [-0.4, -0.2) is 58.0 Å². The predicted molar refractivity (Wildman–Crippen MR) is 110 cm³/mol. The van der Waals surface area contributed by atoms with E-state index in [1.165, 1.54) is 24.4 Å². The van der Waals surface area contributed by atoms with Gasteiger partial charge in [0.1, 0.15) is 5.75 Å². The van der Waals surface area contributed by atoms with E-state index in [4.69, 9.17) is 0 Å². The Kier molecular flexibility index (Phi) is 5.70. The molecule has 10 heteroatoms. The molecule has 0 radical (unpaired) electrons. The van der Waals surface area contributed by atoms with E-state index in [9.17, 15) is 27.9 Å². The fourth-order valence-electron chi connectivity index (χ4n) is 4.36. The van der Waals surface area contributed by atoms with Gasteiger partial charge in [-0.1, -0.05) is 0 Å². The van der Waals surface area contributed by atoms with Gasteiger partial charge in [-0.15, -0.1) is 0 Å². The maximum Gasteiger partial charge on any atom is 0.416 e. The summed E-state index contributed by atoms with van der Waals surface area (Å²) in [5.74, 6) is -0.461. The number of likely N-dealkylation sites (tertiary alicyclic amines) is 2. The number of anilines is 1. The Balaban J connectivity index is 1.32. The third-order valence-electron chi connectivity index (χ3n) is 6.29. The number of halogens is 3. The Morgan fingerprint density at radius 1 is 1.00 bits per heavy atom. The van der Waals surface area contributed by atoms with Gasteiger partial charge in [0.2, 0.25) is 0 Å². The standard InChI is InChI=1S/C22H23F3N4O3/c23-22(24,25)15-3-5-16(6-4-15)27-20(32)29-13-9-21(14-29)7-11-28(12-8-21)19(31)18-17(30)2-1-10-26-18/h1-6,10,30H,7-9,11-14H2,(H,27,32). The molecule has 0 saturated carbocycles. The van der Waals surface area contributed by atoms with Gasteiger partial charge in [-0.25, -0.2) is 9.78 Å². The first kappa shape index (κ1) is 21.9. The first-order chi connectivity index (χ1) is 15.2. The fraction of sp³-hybridized carbons (Fsp3) is 0.409. The first-order valence-electron chi connectivity index (χ1n) is 10.3. The van der Waals surface area contributed by atoms with Crippen LogP contribution in [0.15, 0.2) is 42.6 Å². The normalized spacial score (nSPS) is 18.1. The molecular formula is C22H23F3N4O3. The molecule has 2 fully saturated rings. The van der Waals surface area contributed by atoms with E-state index >= 15 is 0 Å². The molecule has 4 rings (SSSR count). The summed E-state index contributed by atoms with van der Waals surface area (Å²) in [7, 11) is 0. The van der Waals surface area contributed by atoms with Crippen molar-refractivity contribution in [3.05, 3.63) is 53.9 Å². The van der Waals surface area contributed by atoms with Crippen LogP contribution in [0.3, 0.4) is 0 Å². The molecule has 170 valence electrons. The molecule has 0 unspecified atom stereocenters. The van der Waals surface area contributed by atoms with Crippen molar-refractivity contribution < 1.29 is 27.9 Å². The van der Waals surface area contributed by atoms with Crippen LogP contribution in [0.25, 0.3) is 0 Å². The number of piperidine rings is 1. The van der Waals surface area contributed by atoms with Crippen molar-refractivity contribution in [2.45, 2.75) is 25.4 Å². The molecule has 0 aliphatic carbocycles. The lowest BCUT2D eigenvalue weighted by Crippen LogP contribution is -2.45. The molecule has 2 aliphatic rings. The lowest BCUT2D eigenvalue weighted by atomic mass is 9.77. The van der Waals surface area contributed by atoms with Crippen LogP contribution in [-0.2, 0) is 6.18 Å². The van der Waals surface area contributed by atoms with E-state index in [-0.39, 0.29) is 28.8 Å². The van der Waals surface area contributed by atoms with Crippen molar-refractivity contribution in [2.75, 3.05) is 31.5 Å². The second-order valence-corrected chi connectivity index (χ2v) is 8.34. The lowest BCUT2D eigenvalue weighted by Gasteiger charge is -2.39. The highest BCUT2D eigenvalue weighted by Crippen LogP contribution is 2.41. The Morgan fingerprint density at radius 3 is 2.22 bits per heavy atom. The number of urea groups is 1. The summed E-state index contributed by atoms with van der Waals surface area (Å²) in [4.78, 5) is 32.6. The number of hydrogen-bond donors (Lipinski definition) is 2. The molecule has 0 bridgehead atoms. The van der Waals surface area contributed by atoms with Gasteiger partial charge in [0.25, 0.3) is 5.91 Å². The zero-order valence-corrected chi connectivity index (χ0v) is 17.2. The first-order valence-corrected chi connectivity index (χ1v) is 10.3. The molecule has 0 atom stereocenters. The highest BCUT2D eigenvalue weighted by molar-refractivity contribution is 5.94. The van der Waals surface area contributed by atoms with Crippen molar-refractivity contribution in [1.82, 2.24) is 14.8 Å². The molecule has 1 spiro atoms. The number of pyridine rings is 1. The maximum atomic E-state index is 12.7. The third kappa shape index (κ3) is 4.49. The monoisotopic (exact) mass is 448 g/mol. The largest absolute Gasteiger partial charge is 0.505 e. The van der Waals surface area contributed by atoms with Gasteiger partial charge in [0, 0.05) is 38.1 Å². The summed E-state index contributed by atoms with van der Waals surface area (Å²) >= 11 is 0. The van der Waals surface area contributed by atoms with Gasteiger partial charge in [-0.2, -0.15) is 13.2 Å². The number of aromatic nitrogens is 1. The third-order valence-corrected chi connectivity index (χ3v) is 6.29. The zero-order chi connectivity index (χ0) is 22.9. The molecule has 3 heterocycles. The highest BCUT2D eigenvalue weighted by atomic mass is 19.4. The topological polar surface area (TPSA) is 85.8 Å². The molecule has 1 aromatic heterocycles. The van der Waals surface area contributed by atoms with E-state index in [2.05, 4.69) is 10.3 Å². The number of amides is 3. The molecule has 32 heavy (non-hydrogen) atoms. The van der Waals surface area contributed by atoms with Crippen LogP contribution < -0.4 is 5.32 Å². The van der Waals surface area contributed by atoms with E-state index in [0.29, 0.717) is 31.9 Å². The average molecular weight is 448 g/mol. The molecular weight excluding hydrogens is 425 g/mol. The number of rotatable bonds is 2. The Morgan fingerprint density at radius 2 is 1.62 bits per heavy atom. The maximum absolute atomic E-state index is 12.7. The van der Waals surface area contributed by atoms with Crippen LogP contribution in [0, 0.1) is 5.41 Å². The molecule has 2 aliphatic heterocycles. The van der Waals surface area contributed by atoms with E-state index in [1.807, 2.05) is 0 Å². The molecule has 1 aromatic carbocycles. The van der Waals surface area contributed by atoms with Crippen molar-refractivity contribution in [3.8, 4) is 5.75 Å². The second kappa shape index (κ2) is 8.33. The average Bonchev–Trinajstić information content (AvgIpc) is 3.18. The van der Waals surface area contributed by atoms with Gasteiger partial charge < -0.3 is 20.2 Å². The van der Waals surface area contributed by atoms with Gasteiger partial charge in [-0.3, -0.25) is 4.79 Å². The van der Waals surface area contributed by atoms with Crippen molar-refractivity contribution in [3.63, 3.8) is 0 Å². The lowest BCUT2D eigenvalue weighted by molar-refractivity contribution is -0.137. The van der Waals surface area contributed by atoms with Crippen LogP contribution in [0.5, 0.6) is 5.75 Å². The number of carbonyl (C=O) groups excluding carboxylic acids is 2. The Labute approximate surface area is 182 Å². The van der Waals surface area contributed by atoms with Gasteiger partial charge in [0.05, 0.1) is 5.56 Å². The Bertz CT molecular complexity index is 1000. The van der Waals surface area contributed by atoms with Crippen LogP contribution >= 0.6 is 0 Å². The number of alkyl halides is 3. The fourth-order valence-corrected chi connectivity index (χ4v) is 4.36. The summed E-state index contributed by atoms with van der Waals surface area (Å²) < 4.78 is 38.1. The van der Waals surface area contributed by atoms with E-state index in [1.54, 1.807) is 15.9 Å². The minimum atomic E-state index is -4.42. The number of aromatic hydroxyl groups is 1. The SMILES string of the molecule is O=C(Nc1ccc(C(F)(F)F)cc1)N1CCC2(CCN(C(=O)c3ncccc3O)CC2)C1. The Hall–Kier alpha value is -3.30. The second-order valence-electron chi connectivity index (χ2n) is 8.34. The molecule has 2 saturated heterocycles. The number of hydrogen-bond acceptors (Lipinski definition) is 4.